The standard InChI is InChI=1S/C5H5NO7/c7-1-2(8)4(10)13-6-5(11)12-3(1)9/h1-2,7-8H,(H,6,11). The van der Waals surface area contributed by atoms with Gasteiger partial charge in [-0.1, -0.05) is 0 Å². The number of ether oxygens (including phenoxy) is 1. The van der Waals surface area contributed by atoms with Crippen LogP contribution in [-0.2, 0) is 19.2 Å². The second kappa shape index (κ2) is 3.37. The number of hydrogen-bond acceptors (Lipinski definition) is 7. The van der Waals surface area contributed by atoms with Crippen LogP contribution in [0.4, 0.5) is 4.79 Å². The summed E-state index contributed by atoms with van der Waals surface area (Å²) in [7, 11) is 0. The molecule has 0 aromatic carbocycles. The number of rotatable bonds is 0. The van der Waals surface area contributed by atoms with Crippen LogP contribution in [0, 0.1) is 0 Å². The van der Waals surface area contributed by atoms with Crippen molar-refractivity contribution < 1.29 is 34.2 Å². The number of cyclic esters (lactones) is 2. The van der Waals surface area contributed by atoms with E-state index in [9.17, 15) is 14.4 Å². The van der Waals surface area contributed by atoms with Gasteiger partial charge in [-0.3, -0.25) is 0 Å². The first-order chi connectivity index (χ1) is 6.02. The van der Waals surface area contributed by atoms with Crippen molar-refractivity contribution in [2.45, 2.75) is 12.2 Å². The predicted octanol–water partition coefficient (Wildman–Crippen LogP) is -2.57. The van der Waals surface area contributed by atoms with Crippen LogP contribution in [0.25, 0.3) is 0 Å². The molecule has 13 heavy (non-hydrogen) atoms. The summed E-state index contributed by atoms with van der Waals surface area (Å²) in [5.41, 5.74) is 1.41. The normalized spacial score (nSPS) is 29.5. The smallest absolute Gasteiger partial charge is 0.379 e. The molecule has 2 unspecified atom stereocenters. The van der Waals surface area contributed by atoms with Gasteiger partial charge < -0.3 is 19.8 Å². The lowest BCUT2D eigenvalue weighted by Gasteiger charge is -2.17. The Bertz CT molecular complexity index is 262. The highest BCUT2D eigenvalue weighted by Gasteiger charge is 2.37. The third-order valence-electron chi connectivity index (χ3n) is 1.21. The van der Waals surface area contributed by atoms with E-state index in [1.807, 2.05) is 0 Å². The highest BCUT2D eigenvalue weighted by molar-refractivity contribution is 5.93. The minimum absolute atomic E-state index is 1.34. The van der Waals surface area contributed by atoms with E-state index in [0.717, 1.165) is 0 Å². The molecule has 0 aliphatic carbocycles. The molecule has 0 spiro atoms. The van der Waals surface area contributed by atoms with Gasteiger partial charge in [-0.15, -0.1) is 5.48 Å². The average molecular weight is 191 g/mol. The van der Waals surface area contributed by atoms with E-state index < -0.39 is 30.2 Å². The Morgan fingerprint density at radius 3 is 2.23 bits per heavy atom. The Morgan fingerprint density at radius 1 is 1.08 bits per heavy atom. The molecule has 1 rings (SSSR count). The van der Waals surface area contributed by atoms with Crippen LogP contribution < -0.4 is 5.48 Å². The monoisotopic (exact) mass is 191 g/mol. The highest BCUT2D eigenvalue weighted by atomic mass is 16.7. The average Bonchev–Trinajstić information content (AvgIpc) is 2.10. The van der Waals surface area contributed by atoms with E-state index in [1.165, 1.54) is 5.48 Å². The van der Waals surface area contributed by atoms with Gasteiger partial charge in [-0.25, -0.2) is 14.4 Å². The zero-order chi connectivity index (χ0) is 10.0. The van der Waals surface area contributed by atoms with Gasteiger partial charge in [-0.05, 0) is 0 Å². The Hall–Kier alpha value is -1.67. The molecule has 8 nitrogen and oxygen atoms in total. The fourth-order valence-electron chi connectivity index (χ4n) is 0.583. The summed E-state index contributed by atoms with van der Waals surface area (Å²) in [4.78, 5) is 35.6. The van der Waals surface area contributed by atoms with Crippen molar-refractivity contribution in [3.05, 3.63) is 0 Å². The molecular formula is C5H5NO7. The molecule has 0 radical (unpaired) electrons. The molecule has 72 valence electrons. The van der Waals surface area contributed by atoms with Crippen LogP contribution in [-0.4, -0.2) is 40.5 Å². The van der Waals surface area contributed by atoms with Crippen molar-refractivity contribution in [1.29, 1.82) is 0 Å². The van der Waals surface area contributed by atoms with Gasteiger partial charge in [0.1, 0.15) is 0 Å². The second-order valence-electron chi connectivity index (χ2n) is 2.12. The zero-order valence-electron chi connectivity index (χ0n) is 6.09. The number of hydroxylamine groups is 1. The number of nitrogens with one attached hydrogen (secondary N) is 1. The van der Waals surface area contributed by atoms with Crippen molar-refractivity contribution in [2.75, 3.05) is 0 Å². The molecule has 1 amide bonds. The number of aliphatic hydroxyl groups excluding tert-OH is 2. The van der Waals surface area contributed by atoms with Crippen LogP contribution in [0.15, 0.2) is 0 Å². The van der Waals surface area contributed by atoms with E-state index >= 15 is 0 Å². The molecule has 8 heteroatoms. The van der Waals surface area contributed by atoms with E-state index in [-0.39, 0.29) is 0 Å². The fraction of sp³-hybridized carbons (Fsp3) is 0.400. The van der Waals surface area contributed by atoms with Gasteiger partial charge in [0.2, 0.25) is 0 Å². The minimum atomic E-state index is -2.13. The van der Waals surface area contributed by atoms with Crippen molar-refractivity contribution in [3.8, 4) is 0 Å². The van der Waals surface area contributed by atoms with Gasteiger partial charge in [0.05, 0.1) is 0 Å². The molecular weight excluding hydrogens is 186 g/mol. The maximum Gasteiger partial charge on any atom is 0.448 e. The van der Waals surface area contributed by atoms with Crippen molar-refractivity contribution >= 4 is 18.0 Å². The lowest BCUT2D eigenvalue weighted by atomic mass is 10.2. The maximum atomic E-state index is 10.6. The molecule has 0 aromatic rings. The largest absolute Gasteiger partial charge is 0.448 e. The molecule has 0 saturated carbocycles. The summed E-state index contributed by atoms with van der Waals surface area (Å²) in [6.45, 7) is 0. The topological polar surface area (TPSA) is 122 Å². The Kier molecular flexibility index (Phi) is 2.44. The summed E-state index contributed by atoms with van der Waals surface area (Å²) in [5, 5.41) is 17.7. The van der Waals surface area contributed by atoms with E-state index in [2.05, 4.69) is 9.57 Å². The fourth-order valence-corrected chi connectivity index (χ4v) is 0.583. The van der Waals surface area contributed by atoms with Gasteiger partial charge in [-0.2, -0.15) is 0 Å². The Balaban J connectivity index is 2.79. The summed E-state index contributed by atoms with van der Waals surface area (Å²) in [6.07, 6.45) is -5.55. The van der Waals surface area contributed by atoms with Gasteiger partial charge in [0.15, 0.2) is 12.2 Å². The first-order valence-corrected chi connectivity index (χ1v) is 3.11. The highest BCUT2D eigenvalue weighted by Crippen LogP contribution is 2.02. The molecule has 1 heterocycles. The number of amides is 1. The van der Waals surface area contributed by atoms with Crippen LogP contribution in [0.5, 0.6) is 0 Å². The number of aliphatic hydroxyl groups is 2. The van der Waals surface area contributed by atoms with Gasteiger partial charge in [0.25, 0.3) is 0 Å². The number of carbonyl (C=O) groups is 3. The lowest BCUT2D eigenvalue weighted by Crippen LogP contribution is -2.48. The SMILES string of the molecule is O=C1NOC(=O)C(O)C(O)C(=O)O1. The van der Waals surface area contributed by atoms with Crippen LogP contribution in [0.3, 0.4) is 0 Å². The maximum absolute atomic E-state index is 10.6. The van der Waals surface area contributed by atoms with Crippen LogP contribution in [0.2, 0.25) is 0 Å². The van der Waals surface area contributed by atoms with Crippen molar-refractivity contribution in [3.63, 3.8) is 0 Å². The van der Waals surface area contributed by atoms with E-state index in [4.69, 9.17) is 10.2 Å². The molecule has 3 N–H and O–H groups in total. The molecule has 0 bridgehead atoms. The third-order valence-corrected chi connectivity index (χ3v) is 1.21. The zero-order valence-corrected chi connectivity index (χ0v) is 6.09. The lowest BCUT2D eigenvalue weighted by molar-refractivity contribution is -0.179. The molecule has 1 aliphatic rings. The molecule has 2 atom stereocenters. The van der Waals surface area contributed by atoms with Crippen LogP contribution >= 0.6 is 0 Å². The summed E-state index contributed by atoms with van der Waals surface area (Å²) in [6, 6.07) is 0. The first-order valence-electron chi connectivity index (χ1n) is 3.11. The third kappa shape index (κ3) is 1.92. The molecule has 1 aliphatic heterocycles. The quantitative estimate of drug-likeness (QED) is 0.284. The van der Waals surface area contributed by atoms with Crippen LogP contribution in [0.1, 0.15) is 0 Å². The van der Waals surface area contributed by atoms with Gasteiger partial charge in [0, 0.05) is 0 Å². The minimum Gasteiger partial charge on any atom is -0.379 e. The Labute approximate surface area is 71.0 Å². The van der Waals surface area contributed by atoms with E-state index in [0.29, 0.717) is 0 Å². The molecule has 1 saturated heterocycles. The summed E-state index contributed by atoms with van der Waals surface area (Å²) in [5.74, 6) is -2.78. The summed E-state index contributed by atoms with van der Waals surface area (Å²) < 4.78 is 3.85. The first kappa shape index (κ1) is 9.42. The van der Waals surface area contributed by atoms with Crippen molar-refractivity contribution in [2.24, 2.45) is 0 Å². The molecule has 0 aromatic heterocycles. The number of hydrogen-bond donors (Lipinski definition) is 3. The summed E-state index contributed by atoms with van der Waals surface area (Å²) >= 11 is 0. The predicted molar refractivity (Wildman–Crippen MR) is 32.7 cm³/mol. The molecule has 1 fully saturated rings. The van der Waals surface area contributed by atoms with E-state index in [1.54, 1.807) is 0 Å². The van der Waals surface area contributed by atoms with Gasteiger partial charge >= 0.3 is 18.0 Å². The Morgan fingerprint density at radius 2 is 1.62 bits per heavy atom. The number of carbonyl (C=O) groups excluding carboxylic acids is 3. The second-order valence-corrected chi connectivity index (χ2v) is 2.12. The van der Waals surface area contributed by atoms with Crippen molar-refractivity contribution in [1.82, 2.24) is 5.48 Å². The number of esters is 1.